The fourth-order valence-electron chi connectivity index (χ4n) is 4.73. The number of nitrogens with zero attached hydrogens (tertiary/aromatic N) is 1. The van der Waals surface area contributed by atoms with Crippen molar-refractivity contribution in [3.05, 3.63) is 53.6 Å². The van der Waals surface area contributed by atoms with E-state index in [-0.39, 0.29) is 24.3 Å². The highest BCUT2D eigenvalue weighted by Crippen LogP contribution is 2.42. The van der Waals surface area contributed by atoms with E-state index in [0.717, 1.165) is 17.5 Å². The van der Waals surface area contributed by atoms with E-state index in [1.54, 1.807) is 16.4 Å². The molecule has 1 saturated heterocycles. The van der Waals surface area contributed by atoms with Crippen LogP contribution in [-0.2, 0) is 21.2 Å². The maximum atomic E-state index is 13.0. The highest BCUT2D eigenvalue weighted by molar-refractivity contribution is 7.89. The molecule has 2 aromatic rings. The van der Waals surface area contributed by atoms with Crippen LogP contribution in [0.15, 0.2) is 47.4 Å². The van der Waals surface area contributed by atoms with Crippen molar-refractivity contribution in [3.8, 4) is 11.5 Å². The van der Waals surface area contributed by atoms with Gasteiger partial charge < -0.3 is 14.8 Å². The molecule has 0 unspecified atom stereocenters. The van der Waals surface area contributed by atoms with Crippen LogP contribution in [0.5, 0.6) is 11.5 Å². The second kappa shape index (κ2) is 7.84. The number of fused-ring (bicyclic) bond motifs is 2. The average Bonchev–Trinajstić information content (AvgIpc) is 3.10. The zero-order chi connectivity index (χ0) is 21.6. The van der Waals surface area contributed by atoms with Gasteiger partial charge in [-0.2, -0.15) is 4.31 Å². The summed E-state index contributed by atoms with van der Waals surface area (Å²) in [5.74, 6) is 1.80. The summed E-state index contributed by atoms with van der Waals surface area (Å²) in [4.78, 5) is 12.9. The molecule has 7 nitrogen and oxygen atoms in total. The van der Waals surface area contributed by atoms with E-state index < -0.39 is 10.0 Å². The summed E-state index contributed by atoms with van der Waals surface area (Å²) < 4.78 is 38.6. The fraction of sp³-hybridized carbons (Fsp3) is 0.435. The van der Waals surface area contributed by atoms with E-state index in [2.05, 4.69) is 5.32 Å². The van der Waals surface area contributed by atoms with Crippen molar-refractivity contribution in [3.63, 3.8) is 0 Å². The summed E-state index contributed by atoms with van der Waals surface area (Å²) in [5, 5.41) is 3.10. The van der Waals surface area contributed by atoms with Gasteiger partial charge in [0.1, 0.15) is 13.2 Å². The Balaban J connectivity index is 1.19. The quantitative estimate of drug-likeness (QED) is 0.767. The summed E-state index contributed by atoms with van der Waals surface area (Å²) in [5.41, 5.74) is 1.90. The molecular weight excluding hydrogens is 416 g/mol. The maximum Gasteiger partial charge on any atom is 0.243 e. The standard InChI is InChI=1S/C23H26N2O5S/c1-15-2-5-18(6-3-15)31(27,28)25-13-17-12-20(19(17)14-25)24-23(26)11-16-4-7-21-22(10-16)30-9-8-29-21/h2-7,10,17,19-20H,8-9,11-14H2,1H3,(H,24,26)/t17-,19+,20+/m1/s1. The Morgan fingerprint density at radius 3 is 2.58 bits per heavy atom. The number of benzene rings is 2. The number of nitrogens with one attached hydrogen (secondary N) is 1. The van der Waals surface area contributed by atoms with Crippen molar-refractivity contribution >= 4 is 15.9 Å². The third-order valence-electron chi connectivity index (χ3n) is 6.51. The minimum absolute atomic E-state index is 0.0212. The molecule has 3 atom stereocenters. The second-order valence-electron chi connectivity index (χ2n) is 8.62. The molecule has 2 fully saturated rings. The highest BCUT2D eigenvalue weighted by Gasteiger charge is 2.50. The summed E-state index contributed by atoms with van der Waals surface area (Å²) in [7, 11) is -3.50. The third kappa shape index (κ3) is 3.90. The van der Waals surface area contributed by atoms with Crippen LogP contribution in [0.25, 0.3) is 0 Å². The van der Waals surface area contributed by atoms with Gasteiger partial charge in [0.25, 0.3) is 0 Å². The lowest BCUT2D eigenvalue weighted by Gasteiger charge is -2.39. The number of amides is 1. The smallest absolute Gasteiger partial charge is 0.243 e. The third-order valence-corrected chi connectivity index (χ3v) is 8.35. The van der Waals surface area contributed by atoms with Gasteiger partial charge in [-0.15, -0.1) is 0 Å². The molecule has 2 heterocycles. The second-order valence-corrected chi connectivity index (χ2v) is 10.6. The van der Waals surface area contributed by atoms with Crippen molar-refractivity contribution in [2.75, 3.05) is 26.3 Å². The molecule has 31 heavy (non-hydrogen) atoms. The molecule has 3 aliphatic rings. The molecule has 0 aromatic heterocycles. The van der Waals surface area contributed by atoms with Crippen LogP contribution in [0, 0.1) is 18.8 Å². The first-order valence-electron chi connectivity index (χ1n) is 10.6. The van der Waals surface area contributed by atoms with Gasteiger partial charge in [0, 0.05) is 19.1 Å². The zero-order valence-corrected chi connectivity index (χ0v) is 18.2. The molecule has 1 amide bonds. The number of hydrogen-bond donors (Lipinski definition) is 1. The first-order chi connectivity index (χ1) is 14.9. The van der Waals surface area contributed by atoms with Crippen LogP contribution in [0.2, 0.25) is 0 Å². The van der Waals surface area contributed by atoms with E-state index in [1.807, 2.05) is 37.3 Å². The first-order valence-corrected chi connectivity index (χ1v) is 12.1. The van der Waals surface area contributed by atoms with E-state index in [1.165, 1.54) is 0 Å². The lowest BCUT2D eigenvalue weighted by Crippen LogP contribution is -2.52. The van der Waals surface area contributed by atoms with Crippen LogP contribution in [0.4, 0.5) is 0 Å². The van der Waals surface area contributed by atoms with Gasteiger partial charge in [-0.05, 0) is 55.0 Å². The molecule has 164 valence electrons. The highest BCUT2D eigenvalue weighted by atomic mass is 32.2. The summed E-state index contributed by atoms with van der Waals surface area (Å²) in [6.07, 6.45) is 1.08. The Morgan fingerprint density at radius 1 is 1.06 bits per heavy atom. The molecule has 1 saturated carbocycles. The Kier molecular flexibility index (Phi) is 5.14. The average molecular weight is 443 g/mol. The number of sulfonamides is 1. The lowest BCUT2D eigenvalue weighted by atomic mass is 9.71. The van der Waals surface area contributed by atoms with Crippen molar-refractivity contribution in [2.45, 2.75) is 30.7 Å². The van der Waals surface area contributed by atoms with E-state index in [4.69, 9.17) is 9.47 Å². The number of rotatable bonds is 5. The molecule has 2 aromatic carbocycles. The number of carbonyl (C=O) groups excluding carboxylic acids is 1. The SMILES string of the molecule is Cc1ccc(S(=O)(=O)N2C[C@H]3C[C@H](NC(=O)Cc4ccc5c(c4)OCCO5)[C@H]3C2)cc1. The summed E-state index contributed by atoms with van der Waals surface area (Å²) in [6.45, 7) is 3.96. The van der Waals surface area contributed by atoms with Crippen molar-refractivity contribution in [2.24, 2.45) is 11.8 Å². The summed E-state index contributed by atoms with van der Waals surface area (Å²) in [6, 6.07) is 12.5. The van der Waals surface area contributed by atoms with Crippen LogP contribution >= 0.6 is 0 Å². The molecule has 5 rings (SSSR count). The Morgan fingerprint density at radius 2 is 1.81 bits per heavy atom. The number of ether oxygens (including phenoxy) is 2. The Labute approximate surface area is 182 Å². The normalized spacial score (nSPS) is 24.9. The summed E-state index contributed by atoms with van der Waals surface area (Å²) >= 11 is 0. The van der Waals surface area contributed by atoms with Crippen molar-refractivity contribution in [1.82, 2.24) is 9.62 Å². The van der Waals surface area contributed by atoms with Crippen LogP contribution in [-0.4, -0.2) is 51.0 Å². The largest absolute Gasteiger partial charge is 0.486 e. The van der Waals surface area contributed by atoms with Gasteiger partial charge in [-0.25, -0.2) is 8.42 Å². The van der Waals surface area contributed by atoms with Crippen molar-refractivity contribution in [1.29, 1.82) is 0 Å². The molecule has 0 spiro atoms. The van der Waals surface area contributed by atoms with Crippen LogP contribution in [0.1, 0.15) is 17.5 Å². The lowest BCUT2D eigenvalue weighted by molar-refractivity contribution is -0.122. The van der Waals surface area contributed by atoms with Crippen LogP contribution in [0.3, 0.4) is 0 Å². The predicted octanol–water partition coefficient (Wildman–Crippen LogP) is 2.13. The first kappa shape index (κ1) is 20.3. The van der Waals surface area contributed by atoms with Gasteiger partial charge >= 0.3 is 0 Å². The van der Waals surface area contributed by atoms with Crippen molar-refractivity contribution < 1.29 is 22.7 Å². The van der Waals surface area contributed by atoms with Gasteiger partial charge in [-0.1, -0.05) is 23.8 Å². The number of hydrogen-bond acceptors (Lipinski definition) is 5. The topological polar surface area (TPSA) is 84.9 Å². The fourth-order valence-corrected chi connectivity index (χ4v) is 6.26. The van der Waals surface area contributed by atoms with E-state index >= 15 is 0 Å². The van der Waals surface area contributed by atoms with Gasteiger partial charge in [0.2, 0.25) is 15.9 Å². The van der Waals surface area contributed by atoms with Crippen LogP contribution < -0.4 is 14.8 Å². The van der Waals surface area contributed by atoms with Gasteiger partial charge in [-0.3, -0.25) is 4.79 Å². The van der Waals surface area contributed by atoms with Gasteiger partial charge in [0.05, 0.1) is 11.3 Å². The maximum absolute atomic E-state index is 13.0. The molecule has 0 bridgehead atoms. The minimum Gasteiger partial charge on any atom is -0.486 e. The Bertz CT molecular complexity index is 1100. The molecule has 8 heteroatoms. The van der Waals surface area contributed by atoms with Gasteiger partial charge in [0.15, 0.2) is 11.5 Å². The van der Waals surface area contributed by atoms with E-state index in [9.17, 15) is 13.2 Å². The molecule has 2 aliphatic heterocycles. The molecule has 1 aliphatic carbocycles. The molecule has 0 radical (unpaired) electrons. The van der Waals surface area contributed by atoms with E-state index in [0.29, 0.717) is 48.6 Å². The predicted molar refractivity (Wildman–Crippen MR) is 115 cm³/mol. The molecule has 1 N–H and O–H groups in total. The monoisotopic (exact) mass is 442 g/mol. The molecular formula is C23H26N2O5S. The zero-order valence-electron chi connectivity index (χ0n) is 17.4. The Hall–Kier alpha value is -2.58. The number of carbonyl (C=O) groups is 1. The minimum atomic E-state index is -3.50. The number of aryl methyl sites for hydroxylation is 1.